The van der Waals surface area contributed by atoms with E-state index in [0.717, 1.165) is 13.1 Å². The molecule has 144 valence electrons. The Kier molecular flexibility index (Phi) is 6.25. The van der Waals surface area contributed by atoms with Crippen molar-refractivity contribution in [1.29, 1.82) is 0 Å². The van der Waals surface area contributed by atoms with Crippen molar-refractivity contribution in [3.8, 4) is 0 Å². The van der Waals surface area contributed by atoms with Gasteiger partial charge in [0.25, 0.3) is 0 Å². The average molecular weight is 373 g/mol. The number of hydrogen-bond donors (Lipinski definition) is 0. The first-order valence-electron chi connectivity index (χ1n) is 9.70. The van der Waals surface area contributed by atoms with Crippen LogP contribution in [0, 0.1) is 5.41 Å². The molecule has 2 aromatic carbocycles. The number of rotatable bonds is 6. The zero-order valence-electron chi connectivity index (χ0n) is 16.6. The smallest absolute Gasteiger partial charge is 0.166 e. The number of ketones is 2. The molecule has 1 saturated carbocycles. The van der Waals surface area contributed by atoms with Crippen LogP contribution in [-0.4, -0.2) is 16.5 Å². The lowest BCUT2D eigenvalue weighted by atomic mass is 9.74. The van der Waals surface area contributed by atoms with Crippen LogP contribution >= 0.6 is 0 Å². The van der Waals surface area contributed by atoms with Gasteiger partial charge >= 0.3 is 0 Å². The van der Waals surface area contributed by atoms with Crippen LogP contribution in [0.25, 0.3) is 0 Å². The summed E-state index contributed by atoms with van der Waals surface area (Å²) in [5, 5.41) is 0. The average Bonchev–Trinajstić information content (AvgIpc) is 2.64. The van der Waals surface area contributed by atoms with Crippen LogP contribution in [-0.2, 0) is 22.7 Å². The number of benzene rings is 2. The predicted molar refractivity (Wildman–Crippen MR) is 112 cm³/mol. The Bertz CT molecular complexity index is 816. The van der Waals surface area contributed by atoms with Crippen molar-refractivity contribution >= 4 is 11.6 Å². The van der Waals surface area contributed by atoms with Crippen LogP contribution in [0.15, 0.2) is 84.6 Å². The summed E-state index contributed by atoms with van der Waals surface area (Å²) in [4.78, 5) is 26.9. The second-order valence-electron chi connectivity index (χ2n) is 8.16. The van der Waals surface area contributed by atoms with Crippen molar-refractivity contribution in [2.24, 2.45) is 5.41 Å². The molecular weight excluding hydrogens is 346 g/mol. The summed E-state index contributed by atoms with van der Waals surface area (Å²) in [6.45, 7) is 5.45. The van der Waals surface area contributed by atoms with E-state index in [9.17, 15) is 9.59 Å². The minimum absolute atomic E-state index is 0.0523. The minimum atomic E-state index is -0.234. The Morgan fingerprint density at radius 3 is 1.75 bits per heavy atom. The fraction of sp³-hybridized carbons (Fsp3) is 0.280. The number of hydrogen-bond acceptors (Lipinski definition) is 3. The number of Topliss-reactive ketones (excluding diaryl/α,β-unsaturated/α-hetero) is 2. The van der Waals surface area contributed by atoms with Crippen LogP contribution in [0.2, 0.25) is 0 Å². The summed E-state index contributed by atoms with van der Waals surface area (Å²) in [6.07, 6.45) is 6.33. The molecule has 0 heterocycles. The minimum Gasteiger partial charge on any atom is -0.369 e. The van der Waals surface area contributed by atoms with Crippen LogP contribution in [0.5, 0.6) is 0 Å². The van der Waals surface area contributed by atoms with E-state index in [1.807, 2.05) is 62.5 Å². The van der Waals surface area contributed by atoms with Gasteiger partial charge in [-0.3, -0.25) is 9.59 Å². The first-order chi connectivity index (χ1) is 13.4. The normalized spacial score (nSPS) is 16.4. The fourth-order valence-corrected chi connectivity index (χ4v) is 3.52. The zero-order chi connectivity index (χ0) is 20.0. The van der Waals surface area contributed by atoms with Gasteiger partial charge in [-0.25, -0.2) is 0 Å². The summed E-state index contributed by atoms with van der Waals surface area (Å²) in [7, 11) is 0. The lowest BCUT2D eigenvalue weighted by Gasteiger charge is -2.28. The maximum Gasteiger partial charge on any atom is 0.166 e. The van der Waals surface area contributed by atoms with Crippen LogP contribution < -0.4 is 0 Å². The Labute approximate surface area is 167 Å². The monoisotopic (exact) mass is 373 g/mol. The van der Waals surface area contributed by atoms with Crippen LogP contribution in [0.4, 0.5) is 0 Å². The van der Waals surface area contributed by atoms with Crippen molar-refractivity contribution < 1.29 is 9.59 Å². The van der Waals surface area contributed by atoms with E-state index in [1.165, 1.54) is 11.1 Å². The summed E-state index contributed by atoms with van der Waals surface area (Å²) in [5.74, 6) is -0.105. The number of carbonyl (C=O) groups excluding carboxylic acids is 2. The standard InChI is InChI=1S/C25H27NO2/c1-25(2)16-23(27)22(24(28)17-25)14-9-15-26(18-20-10-5-3-6-11-20)19-21-12-7-4-8-13-21/h3-15H,16-19H2,1-2H3/b15-9+. The van der Waals surface area contributed by atoms with Gasteiger partial charge in [-0.05, 0) is 34.9 Å². The van der Waals surface area contributed by atoms with E-state index in [-0.39, 0.29) is 17.0 Å². The highest BCUT2D eigenvalue weighted by Crippen LogP contribution is 2.33. The highest BCUT2D eigenvalue weighted by molar-refractivity contribution is 6.22. The maximum absolute atomic E-state index is 12.3. The molecule has 0 unspecified atom stereocenters. The molecule has 0 spiro atoms. The Hall–Kier alpha value is -2.94. The van der Waals surface area contributed by atoms with Crippen molar-refractivity contribution in [2.45, 2.75) is 39.8 Å². The molecule has 1 aliphatic rings. The molecular formula is C25H27NO2. The highest BCUT2D eigenvalue weighted by Gasteiger charge is 2.35. The molecule has 0 saturated heterocycles. The highest BCUT2D eigenvalue weighted by atomic mass is 16.1. The van der Waals surface area contributed by atoms with E-state index >= 15 is 0 Å². The third kappa shape index (κ3) is 5.53. The SMILES string of the molecule is CC1(C)CC(=O)C(=C/C=C/N(Cc2ccccc2)Cc2ccccc2)C(=O)C1. The fourth-order valence-electron chi connectivity index (χ4n) is 3.52. The Morgan fingerprint density at radius 2 is 1.29 bits per heavy atom. The molecule has 28 heavy (non-hydrogen) atoms. The molecule has 3 rings (SSSR count). The molecule has 2 aromatic rings. The second-order valence-corrected chi connectivity index (χ2v) is 8.16. The Morgan fingerprint density at radius 1 is 0.821 bits per heavy atom. The van der Waals surface area contributed by atoms with Gasteiger partial charge in [0.05, 0.1) is 5.57 Å². The van der Waals surface area contributed by atoms with Crippen molar-refractivity contribution in [2.75, 3.05) is 0 Å². The number of carbonyl (C=O) groups is 2. The molecule has 1 aliphatic carbocycles. The van der Waals surface area contributed by atoms with Gasteiger partial charge in [0, 0.05) is 25.9 Å². The molecule has 3 nitrogen and oxygen atoms in total. The van der Waals surface area contributed by atoms with Crippen molar-refractivity contribution in [1.82, 2.24) is 4.90 Å². The largest absolute Gasteiger partial charge is 0.369 e. The topological polar surface area (TPSA) is 37.4 Å². The van der Waals surface area contributed by atoms with Crippen molar-refractivity contribution in [3.05, 3.63) is 95.7 Å². The van der Waals surface area contributed by atoms with Crippen LogP contribution in [0.1, 0.15) is 37.8 Å². The summed E-state index contributed by atoms with van der Waals surface area (Å²) in [6, 6.07) is 20.5. The summed E-state index contributed by atoms with van der Waals surface area (Å²) in [5.41, 5.74) is 2.52. The van der Waals surface area contributed by atoms with Gasteiger partial charge in [-0.15, -0.1) is 0 Å². The van der Waals surface area contributed by atoms with E-state index in [0.29, 0.717) is 18.4 Å². The van der Waals surface area contributed by atoms with Gasteiger partial charge in [0.1, 0.15) is 0 Å². The zero-order valence-corrected chi connectivity index (χ0v) is 16.6. The van der Waals surface area contributed by atoms with E-state index < -0.39 is 0 Å². The first-order valence-corrected chi connectivity index (χ1v) is 9.70. The molecule has 0 bridgehead atoms. The molecule has 3 heteroatoms. The molecule has 0 aliphatic heterocycles. The van der Waals surface area contributed by atoms with E-state index in [2.05, 4.69) is 29.2 Å². The molecule has 0 aromatic heterocycles. The molecule has 0 atom stereocenters. The maximum atomic E-state index is 12.3. The Balaban J connectivity index is 1.76. The molecule has 0 amide bonds. The lowest BCUT2D eigenvalue weighted by molar-refractivity contribution is -0.127. The predicted octanol–water partition coefficient (Wildman–Crippen LogP) is 5.09. The summed E-state index contributed by atoms with van der Waals surface area (Å²) >= 11 is 0. The van der Waals surface area contributed by atoms with E-state index in [4.69, 9.17) is 0 Å². The number of allylic oxidation sites excluding steroid dienone is 3. The van der Waals surface area contributed by atoms with E-state index in [1.54, 1.807) is 6.08 Å². The second kappa shape index (κ2) is 8.83. The van der Waals surface area contributed by atoms with Crippen LogP contribution in [0.3, 0.4) is 0 Å². The van der Waals surface area contributed by atoms with Gasteiger partial charge in [0.2, 0.25) is 0 Å². The third-order valence-corrected chi connectivity index (χ3v) is 4.90. The van der Waals surface area contributed by atoms with Gasteiger partial charge < -0.3 is 4.90 Å². The van der Waals surface area contributed by atoms with Gasteiger partial charge in [-0.2, -0.15) is 0 Å². The first kappa shape index (κ1) is 19.8. The van der Waals surface area contributed by atoms with Gasteiger partial charge in [-0.1, -0.05) is 74.5 Å². The van der Waals surface area contributed by atoms with Gasteiger partial charge in [0.15, 0.2) is 11.6 Å². The molecule has 0 N–H and O–H groups in total. The van der Waals surface area contributed by atoms with Crippen molar-refractivity contribution in [3.63, 3.8) is 0 Å². The number of nitrogens with zero attached hydrogens (tertiary/aromatic N) is 1. The molecule has 0 radical (unpaired) electrons. The summed E-state index contributed by atoms with van der Waals surface area (Å²) < 4.78 is 0. The molecule has 1 fully saturated rings. The quantitative estimate of drug-likeness (QED) is 0.523. The lowest BCUT2D eigenvalue weighted by Crippen LogP contribution is -2.31. The third-order valence-electron chi connectivity index (χ3n) is 4.90.